The first-order valence-corrected chi connectivity index (χ1v) is 17.8. The molecule has 46 heavy (non-hydrogen) atoms. The molecule has 0 N–H and O–H groups in total. The van der Waals surface area contributed by atoms with Gasteiger partial charge in [0.25, 0.3) is 0 Å². The number of anilines is 1. The van der Waals surface area contributed by atoms with Gasteiger partial charge in [-0.3, -0.25) is 9.48 Å². The van der Waals surface area contributed by atoms with Gasteiger partial charge in [-0.05, 0) is 105 Å². The van der Waals surface area contributed by atoms with Crippen LogP contribution in [0.2, 0.25) is 0 Å². The summed E-state index contributed by atoms with van der Waals surface area (Å²) in [6.45, 7) is 8.19. The van der Waals surface area contributed by atoms with Gasteiger partial charge in [-0.1, -0.05) is 25.1 Å². The maximum atomic E-state index is 14.6. The summed E-state index contributed by atoms with van der Waals surface area (Å²) in [6.07, 6.45) is 9.10. The number of rotatable bonds is 11. The molecule has 3 heterocycles. The number of ketones is 1. The van der Waals surface area contributed by atoms with Crippen molar-refractivity contribution >= 4 is 21.3 Å². The summed E-state index contributed by atoms with van der Waals surface area (Å²) in [7, 11) is -1.90. The Morgan fingerprint density at radius 2 is 1.85 bits per heavy atom. The second-order valence-electron chi connectivity index (χ2n) is 13.4. The molecule has 10 heteroatoms. The zero-order valence-electron chi connectivity index (χ0n) is 26.4. The van der Waals surface area contributed by atoms with Crippen LogP contribution in [0.25, 0.3) is 0 Å². The van der Waals surface area contributed by atoms with Crippen molar-refractivity contribution in [3.63, 3.8) is 0 Å². The number of carbonyl (C=O) groups is 1. The molecule has 3 atom stereocenters. The zero-order chi connectivity index (χ0) is 32.5. The summed E-state index contributed by atoms with van der Waals surface area (Å²) < 4.78 is 41.9. The predicted molar refractivity (Wildman–Crippen MR) is 174 cm³/mol. The number of halogens is 1. The van der Waals surface area contributed by atoms with E-state index in [1.165, 1.54) is 29.2 Å². The van der Waals surface area contributed by atoms with E-state index in [1.807, 2.05) is 18.2 Å². The highest BCUT2D eigenvalue weighted by molar-refractivity contribution is 7.91. The summed E-state index contributed by atoms with van der Waals surface area (Å²) in [5, 5.41) is 14.9. The molecular formula is C36H42FN5O3S. The Morgan fingerprint density at radius 3 is 2.48 bits per heavy atom. The van der Waals surface area contributed by atoms with Gasteiger partial charge in [0, 0.05) is 50.9 Å². The Hall–Kier alpha value is -3.81. The second-order valence-corrected chi connectivity index (χ2v) is 15.3. The molecule has 3 fully saturated rings. The first kappa shape index (κ1) is 32.1. The van der Waals surface area contributed by atoms with E-state index in [2.05, 4.69) is 27.5 Å². The van der Waals surface area contributed by atoms with Gasteiger partial charge in [-0.25, -0.2) is 12.8 Å². The molecule has 8 nitrogen and oxygen atoms in total. The SMILES string of the molecule is C=CC(=O)C[C@H]1CCC[C@@H]1[C@](C#N)(c1cccc(F)c1)C1CCN(CC2CN(c3ccc(S(=O)(=O)c4cnn(C)c4)cc3)C2)CC1. The smallest absolute Gasteiger partial charge is 0.209 e. The number of carbonyl (C=O) groups excluding carboxylic acids is 1. The molecule has 0 amide bonds. The fraction of sp³-hybridized carbons (Fsp3) is 0.472. The number of nitriles is 1. The highest BCUT2D eigenvalue weighted by Crippen LogP contribution is 2.53. The average molecular weight is 644 g/mol. The molecule has 0 spiro atoms. The van der Waals surface area contributed by atoms with Crippen LogP contribution in [0.1, 0.15) is 44.1 Å². The average Bonchev–Trinajstić information content (AvgIpc) is 3.70. The molecule has 1 aliphatic carbocycles. The number of piperidine rings is 1. The number of allylic oxidation sites excluding steroid dienone is 1. The lowest BCUT2D eigenvalue weighted by atomic mass is 9.57. The van der Waals surface area contributed by atoms with Crippen LogP contribution in [0.5, 0.6) is 0 Å². The van der Waals surface area contributed by atoms with Crippen LogP contribution in [0.15, 0.2) is 83.4 Å². The Bertz CT molecular complexity index is 1720. The van der Waals surface area contributed by atoms with Crippen molar-refractivity contribution in [2.75, 3.05) is 37.6 Å². The lowest BCUT2D eigenvalue weighted by molar-refractivity contribution is -0.115. The molecule has 242 valence electrons. The molecule has 0 unspecified atom stereocenters. The maximum absolute atomic E-state index is 14.6. The summed E-state index contributed by atoms with van der Waals surface area (Å²) in [6, 6.07) is 16.4. The maximum Gasteiger partial charge on any atom is 0.209 e. The van der Waals surface area contributed by atoms with Gasteiger partial charge >= 0.3 is 0 Å². The van der Waals surface area contributed by atoms with Crippen molar-refractivity contribution in [2.24, 2.45) is 30.7 Å². The third-order valence-electron chi connectivity index (χ3n) is 10.6. The molecule has 2 aromatic carbocycles. The highest BCUT2D eigenvalue weighted by Gasteiger charge is 2.52. The molecule has 3 aromatic rings. The van der Waals surface area contributed by atoms with Crippen molar-refractivity contribution in [2.45, 2.75) is 53.7 Å². The van der Waals surface area contributed by atoms with Crippen LogP contribution in [0.3, 0.4) is 0 Å². The van der Waals surface area contributed by atoms with Gasteiger partial charge in [0.05, 0.1) is 22.6 Å². The molecule has 1 aromatic heterocycles. The van der Waals surface area contributed by atoms with Crippen molar-refractivity contribution < 1.29 is 17.6 Å². The summed E-state index contributed by atoms with van der Waals surface area (Å²) in [4.78, 5) is 17.6. The van der Waals surface area contributed by atoms with Gasteiger partial charge in [0.2, 0.25) is 9.84 Å². The highest BCUT2D eigenvalue weighted by atomic mass is 32.2. The molecule has 2 saturated heterocycles. The van der Waals surface area contributed by atoms with Crippen molar-refractivity contribution in [3.8, 4) is 6.07 Å². The topological polar surface area (TPSA) is 99.3 Å². The van der Waals surface area contributed by atoms with E-state index < -0.39 is 15.3 Å². The summed E-state index contributed by atoms with van der Waals surface area (Å²) in [5.41, 5.74) is 0.932. The van der Waals surface area contributed by atoms with E-state index in [-0.39, 0.29) is 39.1 Å². The van der Waals surface area contributed by atoms with Gasteiger partial charge in [0.15, 0.2) is 5.78 Å². The minimum Gasteiger partial charge on any atom is -0.371 e. The van der Waals surface area contributed by atoms with E-state index in [9.17, 15) is 22.9 Å². The van der Waals surface area contributed by atoms with Crippen LogP contribution in [-0.2, 0) is 27.1 Å². The molecule has 3 aliphatic rings. The third kappa shape index (κ3) is 6.15. The Morgan fingerprint density at radius 1 is 1.11 bits per heavy atom. The second kappa shape index (κ2) is 13.1. The zero-order valence-corrected chi connectivity index (χ0v) is 27.2. The minimum atomic E-state index is -3.60. The summed E-state index contributed by atoms with van der Waals surface area (Å²) >= 11 is 0. The predicted octanol–water partition coefficient (Wildman–Crippen LogP) is 5.56. The number of likely N-dealkylation sites (tertiary alicyclic amines) is 1. The largest absolute Gasteiger partial charge is 0.371 e. The fourth-order valence-corrected chi connectivity index (χ4v) is 9.55. The molecule has 6 rings (SSSR count). The fourth-order valence-electron chi connectivity index (χ4n) is 8.30. The van der Waals surface area contributed by atoms with Gasteiger partial charge in [0.1, 0.15) is 10.7 Å². The van der Waals surface area contributed by atoms with Gasteiger partial charge in [-0.2, -0.15) is 10.4 Å². The van der Waals surface area contributed by atoms with Gasteiger partial charge in [-0.15, -0.1) is 0 Å². The lowest BCUT2D eigenvalue weighted by Crippen LogP contribution is -2.54. The van der Waals surface area contributed by atoms with Crippen molar-refractivity contribution in [3.05, 3.63) is 85.0 Å². The van der Waals surface area contributed by atoms with Crippen LogP contribution in [0, 0.1) is 40.8 Å². The summed E-state index contributed by atoms with van der Waals surface area (Å²) in [5.74, 6) is 0.369. The van der Waals surface area contributed by atoms with E-state index in [0.29, 0.717) is 12.3 Å². The van der Waals surface area contributed by atoms with Crippen molar-refractivity contribution in [1.29, 1.82) is 5.26 Å². The van der Waals surface area contributed by atoms with Crippen LogP contribution in [-0.4, -0.2) is 61.6 Å². The van der Waals surface area contributed by atoms with Crippen LogP contribution in [0.4, 0.5) is 10.1 Å². The first-order chi connectivity index (χ1) is 22.1. The third-order valence-corrected chi connectivity index (χ3v) is 12.4. The molecule has 2 aliphatic heterocycles. The lowest BCUT2D eigenvalue weighted by Gasteiger charge is -2.48. The molecule has 1 saturated carbocycles. The molecule has 0 radical (unpaired) electrons. The monoisotopic (exact) mass is 643 g/mol. The van der Waals surface area contributed by atoms with E-state index in [0.717, 1.165) is 76.1 Å². The van der Waals surface area contributed by atoms with Crippen LogP contribution < -0.4 is 4.90 Å². The minimum absolute atomic E-state index is 0.00526. The van der Waals surface area contributed by atoms with E-state index in [4.69, 9.17) is 0 Å². The normalized spacial score (nSPS) is 22.6. The Labute approximate surface area is 271 Å². The van der Waals surface area contributed by atoms with Crippen molar-refractivity contribution in [1.82, 2.24) is 14.7 Å². The number of benzene rings is 2. The Balaban J connectivity index is 1.08. The Kier molecular flexibility index (Phi) is 9.17. The number of hydrogen-bond donors (Lipinski definition) is 0. The number of aryl methyl sites for hydroxylation is 1. The molecule has 0 bridgehead atoms. The number of sulfone groups is 1. The van der Waals surface area contributed by atoms with Gasteiger partial charge < -0.3 is 9.80 Å². The number of aromatic nitrogens is 2. The van der Waals surface area contributed by atoms with E-state index >= 15 is 0 Å². The number of nitrogens with zero attached hydrogens (tertiary/aromatic N) is 5. The number of hydrogen-bond acceptors (Lipinski definition) is 7. The van der Waals surface area contributed by atoms with Crippen LogP contribution >= 0.6 is 0 Å². The standard InChI is InChI=1S/C36H42FN5O3S/c1-3-32(43)18-27-6-4-9-35(27)36(25-38,29-7-5-8-30(37)19-29)28-14-16-41(17-15-28)21-26-22-42(23-26)31-10-12-33(13-11-31)46(44,45)34-20-39-40(2)24-34/h3,5,7-8,10-13,19-20,24,26-28,35H,1,4,6,9,14-18,21-23H2,2H3/t27-,35+,36+/m1/s1. The quantitative estimate of drug-likeness (QED) is 0.252. The van der Waals surface area contributed by atoms with E-state index in [1.54, 1.807) is 31.3 Å². The molecular weight excluding hydrogens is 601 g/mol. The first-order valence-electron chi connectivity index (χ1n) is 16.3.